The van der Waals surface area contributed by atoms with Crippen LogP contribution < -0.4 is 26.2 Å². The summed E-state index contributed by atoms with van der Waals surface area (Å²) in [4.78, 5) is 5.41. The van der Waals surface area contributed by atoms with Gasteiger partial charge in [-0.1, -0.05) is 122 Å². The zero-order valence-corrected chi connectivity index (χ0v) is 33.4. The van der Waals surface area contributed by atoms with Crippen LogP contribution in [0.4, 0.5) is 34.1 Å². The number of hydrogen-bond acceptors (Lipinski definition) is 2. The van der Waals surface area contributed by atoms with E-state index in [0.717, 1.165) is 17.8 Å². The summed E-state index contributed by atoms with van der Waals surface area (Å²) in [5.74, 6) is 3.03. The molecule has 0 aromatic heterocycles. The second-order valence-corrected chi connectivity index (χ2v) is 19.6. The van der Waals surface area contributed by atoms with Gasteiger partial charge in [0.2, 0.25) is 0 Å². The van der Waals surface area contributed by atoms with Crippen LogP contribution in [0.15, 0.2) is 152 Å². The fourth-order valence-electron chi connectivity index (χ4n) is 15.4. The van der Waals surface area contributed by atoms with Crippen molar-refractivity contribution in [2.45, 2.75) is 62.2 Å². The molecule has 0 radical (unpaired) electrons. The molecule has 2 aliphatic heterocycles. The van der Waals surface area contributed by atoms with Crippen molar-refractivity contribution in [2.75, 3.05) is 9.80 Å². The molecule has 0 amide bonds. The molecule has 2 unspecified atom stereocenters. The first-order chi connectivity index (χ1) is 29.2. The SMILES string of the molecule is c1ccc(N2c3cc4c(cc3B3c5ccccc5N(c5ccccc5)c5c3c2cc2c5-c3ccccc3[C@]23CC2CCC3C2)-c2ccccc2[C@@]42C[C@@H]3CC[C@H]2C3)cc1. The van der Waals surface area contributed by atoms with E-state index in [9.17, 15) is 0 Å². The first-order valence-corrected chi connectivity index (χ1v) is 22.6. The van der Waals surface area contributed by atoms with Gasteiger partial charge in [-0.3, -0.25) is 0 Å². The van der Waals surface area contributed by atoms with E-state index < -0.39 is 0 Å². The fourth-order valence-corrected chi connectivity index (χ4v) is 15.4. The van der Waals surface area contributed by atoms with Gasteiger partial charge in [-0.15, -0.1) is 0 Å². The minimum Gasteiger partial charge on any atom is -0.311 e. The Kier molecular flexibility index (Phi) is 6.02. The Morgan fingerprint density at radius 2 is 1.02 bits per heavy atom. The monoisotopic (exact) mass is 756 g/mol. The van der Waals surface area contributed by atoms with Gasteiger partial charge in [-0.2, -0.15) is 0 Å². The molecular weight excluding hydrogens is 711 g/mol. The third-order valence-electron chi connectivity index (χ3n) is 17.3. The van der Waals surface area contributed by atoms with Crippen molar-refractivity contribution in [2.24, 2.45) is 23.7 Å². The van der Waals surface area contributed by atoms with Crippen LogP contribution in [0.2, 0.25) is 0 Å². The summed E-state index contributed by atoms with van der Waals surface area (Å²) in [5.41, 5.74) is 24.7. The van der Waals surface area contributed by atoms with Gasteiger partial charge in [0.25, 0.3) is 6.71 Å². The van der Waals surface area contributed by atoms with Crippen LogP contribution in [-0.4, -0.2) is 6.71 Å². The van der Waals surface area contributed by atoms with Gasteiger partial charge < -0.3 is 9.80 Å². The Morgan fingerprint density at radius 3 is 1.69 bits per heavy atom. The van der Waals surface area contributed by atoms with Crippen molar-refractivity contribution in [1.82, 2.24) is 0 Å². The minimum atomic E-state index is 0.0462. The summed E-state index contributed by atoms with van der Waals surface area (Å²) in [7, 11) is 0. The maximum atomic E-state index is 2.75. The predicted octanol–water partition coefficient (Wildman–Crippen LogP) is 11.9. The van der Waals surface area contributed by atoms with Crippen LogP contribution >= 0.6 is 0 Å². The number of para-hydroxylation sites is 3. The van der Waals surface area contributed by atoms with E-state index in [0.29, 0.717) is 5.92 Å². The largest absolute Gasteiger partial charge is 0.311 e. The van der Waals surface area contributed by atoms with Crippen molar-refractivity contribution in [3.8, 4) is 22.3 Å². The Bertz CT molecular complexity index is 2970. The number of benzene rings is 7. The number of rotatable bonds is 2. The molecule has 6 atom stereocenters. The first kappa shape index (κ1) is 32.1. The lowest BCUT2D eigenvalue weighted by atomic mass is 9.33. The Morgan fingerprint density at radius 1 is 0.441 bits per heavy atom. The topological polar surface area (TPSA) is 6.48 Å². The molecule has 0 N–H and O–H groups in total. The van der Waals surface area contributed by atoms with Gasteiger partial charge in [0, 0.05) is 44.8 Å². The second-order valence-electron chi connectivity index (χ2n) is 19.6. The van der Waals surface area contributed by atoms with Crippen LogP contribution in [0.25, 0.3) is 22.3 Å². The number of nitrogens with zero attached hydrogens (tertiary/aromatic N) is 2. The Hall–Kier alpha value is -5.80. The van der Waals surface area contributed by atoms with E-state index in [2.05, 4.69) is 161 Å². The quantitative estimate of drug-likeness (QED) is 0.162. The maximum Gasteiger partial charge on any atom is 0.252 e. The van der Waals surface area contributed by atoms with Crippen molar-refractivity contribution in [3.05, 3.63) is 174 Å². The van der Waals surface area contributed by atoms with Crippen molar-refractivity contribution in [3.63, 3.8) is 0 Å². The highest BCUT2D eigenvalue weighted by molar-refractivity contribution is 7.00. The molecule has 0 saturated heterocycles. The normalized spacial score (nSPS) is 27.5. The van der Waals surface area contributed by atoms with Gasteiger partial charge in [0.1, 0.15) is 0 Å². The van der Waals surface area contributed by atoms with E-state index >= 15 is 0 Å². The van der Waals surface area contributed by atoms with E-state index in [4.69, 9.17) is 0 Å². The van der Waals surface area contributed by atoms with Gasteiger partial charge in [-0.25, -0.2) is 0 Å². The summed E-state index contributed by atoms with van der Waals surface area (Å²) in [6, 6.07) is 59.5. The maximum absolute atomic E-state index is 2.75. The lowest BCUT2D eigenvalue weighted by Gasteiger charge is -2.46. The Balaban J connectivity index is 1.11. The highest BCUT2D eigenvalue weighted by Gasteiger charge is 2.60. The standard InChI is InChI=1S/C56H45BN2/c1-3-13-38(14-4-1)58-50-30-45-42(40-17-7-9-19-43(40)55(45)32-34-23-25-36(55)27-34)29-48(50)57-47-21-11-12-22-49(47)59(39-15-5-2-6-16-39)54-52-41-18-8-10-20-44(41)56(33-35-24-26-37(56)28-35)46(52)31-51(58)53(54)57/h1-22,29-31,34-37H,23-28,32-33H2/t34-,35?,36+,37?,55+,56-/m1/s1. The number of fused-ring (bicyclic) bond motifs is 21. The minimum absolute atomic E-state index is 0.0462. The molecule has 15 rings (SSSR count). The molecule has 7 aromatic carbocycles. The summed E-state index contributed by atoms with van der Waals surface area (Å²) in [6.45, 7) is 0.0919. The summed E-state index contributed by atoms with van der Waals surface area (Å²) < 4.78 is 0. The smallest absolute Gasteiger partial charge is 0.252 e. The number of hydrogen-bond donors (Lipinski definition) is 0. The summed E-state index contributed by atoms with van der Waals surface area (Å²) in [5, 5.41) is 0. The number of anilines is 6. The molecule has 2 nitrogen and oxygen atoms in total. The van der Waals surface area contributed by atoms with Gasteiger partial charge in [-0.05, 0) is 160 Å². The molecule has 8 aliphatic rings. The van der Waals surface area contributed by atoms with Gasteiger partial charge in [0.15, 0.2) is 0 Å². The summed E-state index contributed by atoms with van der Waals surface area (Å²) >= 11 is 0. The molecule has 3 heteroatoms. The average molecular weight is 757 g/mol. The van der Waals surface area contributed by atoms with E-state index in [1.807, 2.05) is 0 Å². The van der Waals surface area contributed by atoms with E-state index in [1.54, 1.807) is 22.3 Å². The molecular formula is C56H45BN2. The van der Waals surface area contributed by atoms with Crippen LogP contribution in [0, 0.1) is 23.7 Å². The van der Waals surface area contributed by atoms with Crippen LogP contribution in [0.5, 0.6) is 0 Å². The van der Waals surface area contributed by atoms with Crippen molar-refractivity contribution >= 4 is 57.2 Å². The highest BCUT2D eigenvalue weighted by Crippen LogP contribution is 2.69. The van der Waals surface area contributed by atoms with Gasteiger partial charge >= 0.3 is 0 Å². The molecule has 59 heavy (non-hydrogen) atoms. The Labute approximate surface area is 347 Å². The molecule has 2 heterocycles. The highest BCUT2D eigenvalue weighted by atomic mass is 15.2. The zero-order valence-electron chi connectivity index (χ0n) is 33.4. The van der Waals surface area contributed by atoms with Crippen LogP contribution in [-0.2, 0) is 10.8 Å². The van der Waals surface area contributed by atoms with Gasteiger partial charge in [0.05, 0.1) is 5.69 Å². The van der Waals surface area contributed by atoms with E-state index in [1.165, 1.54) is 124 Å². The molecule has 6 aliphatic carbocycles. The lowest BCUT2D eigenvalue weighted by Crippen LogP contribution is -2.61. The molecule has 7 aromatic rings. The third-order valence-corrected chi connectivity index (χ3v) is 17.3. The van der Waals surface area contributed by atoms with Crippen LogP contribution in [0.1, 0.15) is 73.6 Å². The molecule has 282 valence electrons. The van der Waals surface area contributed by atoms with E-state index in [-0.39, 0.29) is 17.5 Å². The lowest BCUT2D eigenvalue weighted by molar-refractivity contribution is 0.327. The second kappa shape index (κ2) is 11.1. The molecule has 2 spiro atoms. The zero-order chi connectivity index (χ0) is 38.2. The van der Waals surface area contributed by atoms with Crippen molar-refractivity contribution < 1.29 is 0 Å². The van der Waals surface area contributed by atoms with Crippen LogP contribution in [0.3, 0.4) is 0 Å². The molecule has 4 saturated carbocycles. The average Bonchev–Trinajstić information content (AvgIpc) is 4.17. The molecule has 4 fully saturated rings. The summed E-state index contributed by atoms with van der Waals surface area (Å²) in [6.07, 6.45) is 10.8. The van der Waals surface area contributed by atoms with Crippen molar-refractivity contribution in [1.29, 1.82) is 0 Å². The first-order valence-electron chi connectivity index (χ1n) is 22.6. The third kappa shape index (κ3) is 3.75. The molecule has 4 bridgehead atoms. The predicted molar refractivity (Wildman–Crippen MR) is 244 cm³/mol. The fraction of sp³-hybridized carbons (Fsp3) is 0.250.